The van der Waals surface area contributed by atoms with Crippen LogP contribution in [-0.2, 0) is 4.79 Å². The first-order valence-electron chi connectivity index (χ1n) is 9.41. The Morgan fingerprint density at radius 2 is 1.75 bits per heavy atom. The molecular weight excluding hydrogens is 465 g/mol. The minimum atomic E-state index is -0.534. The number of hydrogen-bond acceptors (Lipinski definition) is 4. The second kappa shape index (κ2) is 11.4. The summed E-state index contributed by atoms with van der Waals surface area (Å²) in [6, 6.07) is 22.7. The molecule has 0 aliphatic heterocycles. The lowest BCUT2D eigenvalue weighted by atomic mass is 10.1. The molecule has 2 N–H and O–H groups in total. The summed E-state index contributed by atoms with van der Waals surface area (Å²) in [5.74, 6) is -0.681. The van der Waals surface area contributed by atoms with Crippen LogP contribution in [0.5, 0.6) is 0 Å². The molecule has 2 amide bonds. The Kier molecular flexibility index (Phi) is 8.34. The zero-order chi connectivity index (χ0) is 22.9. The van der Waals surface area contributed by atoms with E-state index in [0.29, 0.717) is 27.6 Å². The highest BCUT2D eigenvalue weighted by Gasteiger charge is 2.16. The number of anilines is 1. The summed E-state index contributed by atoms with van der Waals surface area (Å²) in [6.07, 6.45) is 1.47. The first-order valence-corrected chi connectivity index (χ1v) is 11.2. The van der Waals surface area contributed by atoms with Gasteiger partial charge in [0, 0.05) is 16.1 Å². The molecule has 0 aliphatic rings. The lowest BCUT2D eigenvalue weighted by Crippen LogP contribution is -2.30. The van der Waals surface area contributed by atoms with Crippen molar-refractivity contribution in [2.45, 2.75) is 4.90 Å². The smallest absolute Gasteiger partial charge is 0.272 e. The fraction of sp³-hybridized carbons (Fsp3) is 0.0417. The quantitative estimate of drug-likeness (QED) is 0.319. The molecule has 0 fully saturated rings. The van der Waals surface area contributed by atoms with Gasteiger partial charge in [-0.15, -0.1) is 11.8 Å². The number of nitriles is 1. The van der Waals surface area contributed by atoms with E-state index in [0.717, 1.165) is 4.90 Å². The van der Waals surface area contributed by atoms with E-state index < -0.39 is 11.8 Å². The maximum absolute atomic E-state index is 13.1. The molecule has 0 spiro atoms. The predicted octanol–water partition coefficient (Wildman–Crippen LogP) is 6.02. The van der Waals surface area contributed by atoms with Crippen molar-refractivity contribution >= 4 is 58.5 Å². The lowest BCUT2D eigenvalue weighted by molar-refractivity contribution is -0.113. The van der Waals surface area contributed by atoms with E-state index in [9.17, 15) is 9.59 Å². The van der Waals surface area contributed by atoms with Crippen LogP contribution in [0.15, 0.2) is 83.4 Å². The van der Waals surface area contributed by atoms with Crippen LogP contribution in [0.4, 0.5) is 5.69 Å². The topological polar surface area (TPSA) is 82.0 Å². The highest BCUT2D eigenvalue weighted by Crippen LogP contribution is 2.27. The van der Waals surface area contributed by atoms with Crippen LogP contribution in [0, 0.1) is 11.3 Å². The van der Waals surface area contributed by atoms with Gasteiger partial charge in [-0.2, -0.15) is 5.26 Å². The van der Waals surface area contributed by atoms with Gasteiger partial charge in [0.2, 0.25) is 0 Å². The lowest BCUT2D eigenvalue weighted by Gasteiger charge is -2.12. The number of thioether (sulfide) groups is 1. The standard InChI is InChI=1S/C24H17Cl2N3O2S/c25-20-11-4-8-17(22(20)26)14-21(29-23(30)16-6-2-1-3-7-16)24(31)28-18-9-5-10-19(15-18)32-13-12-27/h1-11,14-15H,13H2,(H,28,31)(H,29,30)/b21-14+. The van der Waals surface area contributed by atoms with Gasteiger partial charge in [0.25, 0.3) is 11.8 Å². The number of halogens is 2. The molecule has 32 heavy (non-hydrogen) atoms. The van der Waals surface area contributed by atoms with Crippen LogP contribution in [0.2, 0.25) is 10.0 Å². The molecule has 0 heterocycles. The van der Waals surface area contributed by atoms with Gasteiger partial charge in [0.05, 0.1) is 21.9 Å². The Morgan fingerprint density at radius 1 is 1.00 bits per heavy atom. The summed E-state index contributed by atoms with van der Waals surface area (Å²) < 4.78 is 0. The molecule has 8 heteroatoms. The van der Waals surface area contributed by atoms with E-state index in [1.165, 1.54) is 17.8 Å². The molecular formula is C24H17Cl2N3O2S. The van der Waals surface area contributed by atoms with Crippen molar-refractivity contribution in [1.82, 2.24) is 5.32 Å². The Bertz CT molecular complexity index is 1210. The van der Waals surface area contributed by atoms with Gasteiger partial charge >= 0.3 is 0 Å². The van der Waals surface area contributed by atoms with Crippen molar-refractivity contribution in [3.8, 4) is 6.07 Å². The Hall–Kier alpha value is -3.24. The van der Waals surface area contributed by atoms with Gasteiger partial charge in [-0.1, -0.05) is 59.6 Å². The van der Waals surface area contributed by atoms with Gasteiger partial charge in [0.15, 0.2) is 0 Å². The van der Waals surface area contributed by atoms with Crippen LogP contribution in [0.25, 0.3) is 6.08 Å². The van der Waals surface area contributed by atoms with E-state index in [-0.39, 0.29) is 10.7 Å². The van der Waals surface area contributed by atoms with E-state index >= 15 is 0 Å². The van der Waals surface area contributed by atoms with Crippen molar-refractivity contribution in [3.63, 3.8) is 0 Å². The number of carbonyl (C=O) groups is 2. The van der Waals surface area contributed by atoms with Gasteiger partial charge in [-0.25, -0.2) is 0 Å². The minimum absolute atomic E-state index is 0.00176. The maximum Gasteiger partial charge on any atom is 0.272 e. The molecule has 5 nitrogen and oxygen atoms in total. The first kappa shape index (κ1) is 23.4. The highest BCUT2D eigenvalue weighted by atomic mass is 35.5. The average Bonchev–Trinajstić information content (AvgIpc) is 2.81. The summed E-state index contributed by atoms with van der Waals surface area (Å²) in [4.78, 5) is 26.6. The van der Waals surface area contributed by atoms with Gasteiger partial charge in [0.1, 0.15) is 5.70 Å². The minimum Gasteiger partial charge on any atom is -0.321 e. The normalized spacial score (nSPS) is 10.8. The summed E-state index contributed by atoms with van der Waals surface area (Å²) >= 11 is 13.7. The second-order valence-corrected chi connectivity index (χ2v) is 8.28. The van der Waals surface area contributed by atoms with Crippen LogP contribution in [0.3, 0.4) is 0 Å². The predicted molar refractivity (Wildman–Crippen MR) is 130 cm³/mol. The molecule has 0 atom stereocenters. The zero-order valence-corrected chi connectivity index (χ0v) is 19.0. The number of nitrogens with zero attached hydrogens (tertiary/aromatic N) is 1. The Labute approximate surface area is 200 Å². The summed E-state index contributed by atoms with van der Waals surface area (Å²) in [5.41, 5.74) is 1.40. The number of rotatable bonds is 7. The molecule has 160 valence electrons. The molecule has 3 aromatic rings. The molecule has 0 bridgehead atoms. The molecule has 0 saturated carbocycles. The first-order chi connectivity index (χ1) is 15.5. The third-order valence-electron chi connectivity index (χ3n) is 4.21. The summed E-state index contributed by atoms with van der Waals surface area (Å²) in [5, 5.41) is 14.8. The SMILES string of the molecule is N#CCSc1cccc(NC(=O)/C(=C\c2cccc(Cl)c2Cl)NC(=O)c2ccccc2)c1. The third-order valence-corrected chi connectivity index (χ3v) is 5.90. The van der Waals surface area contributed by atoms with Crippen molar-refractivity contribution in [2.24, 2.45) is 0 Å². The molecule has 0 saturated heterocycles. The highest BCUT2D eigenvalue weighted by molar-refractivity contribution is 7.99. The van der Waals surface area contributed by atoms with Crippen molar-refractivity contribution < 1.29 is 9.59 Å². The van der Waals surface area contributed by atoms with Crippen molar-refractivity contribution in [2.75, 3.05) is 11.1 Å². The molecule has 3 rings (SSSR count). The molecule has 0 unspecified atom stereocenters. The van der Waals surface area contributed by atoms with Gasteiger partial charge in [-0.3, -0.25) is 9.59 Å². The van der Waals surface area contributed by atoms with Crippen molar-refractivity contribution in [3.05, 3.63) is 99.7 Å². The van der Waals surface area contributed by atoms with Gasteiger partial charge in [-0.05, 0) is 48.0 Å². The van der Waals surface area contributed by atoms with Crippen LogP contribution >= 0.6 is 35.0 Å². The molecule has 0 radical (unpaired) electrons. The number of hydrogen-bond donors (Lipinski definition) is 2. The number of benzene rings is 3. The van der Waals surface area contributed by atoms with Crippen LogP contribution in [-0.4, -0.2) is 17.6 Å². The van der Waals surface area contributed by atoms with E-state index in [4.69, 9.17) is 28.5 Å². The number of nitrogens with one attached hydrogen (secondary N) is 2. The zero-order valence-electron chi connectivity index (χ0n) is 16.6. The van der Waals surface area contributed by atoms with Crippen molar-refractivity contribution in [1.29, 1.82) is 5.26 Å². The Balaban J connectivity index is 1.90. The largest absolute Gasteiger partial charge is 0.321 e. The van der Waals surface area contributed by atoms with Gasteiger partial charge < -0.3 is 10.6 Å². The average molecular weight is 482 g/mol. The fourth-order valence-electron chi connectivity index (χ4n) is 2.71. The fourth-order valence-corrected chi connectivity index (χ4v) is 3.69. The third kappa shape index (κ3) is 6.38. The van der Waals surface area contributed by atoms with E-state index in [1.807, 2.05) is 6.07 Å². The monoisotopic (exact) mass is 481 g/mol. The molecule has 0 aromatic heterocycles. The molecule has 0 aliphatic carbocycles. The molecule has 3 aromatic carbocycles. The number of carbonyl (C=O) groups excluding carboxylic acids is 2. The van der Waals surface area contributed by atoms with E-state index in [1.54, 1.807) is 66.7 Å². The number of amides is 2. The van der Waals surface area contributed by atoms with Crippen LogP contribution < -0.4 is 10.6 Å². The Morgan fingerprint density at radius 3 is 2.50 bits per heavy atom. The van der Waals surface area contributed by atoms with E-state index in [2.05, 4.69) is 16.7 Å². The van der Waals surface area contributed by atoms with Crippen LogP contribution in [0.1, 0.15) is 15.9 Å². The second-order valence-electron chi connectivity index (χ2n) is 6.45. The maximum atomic E-state index is 13.1. The summed E-state index contributed by atoms with van der Waals surface area (Å²) in [7, 11) is 0. The summed E-state index contributed by atoms with van der Waals surface area (Å²) in [6.45, 7) is 0.